The van der Waals surface area contributed by atoms with Crippen molar-refractivity contribution in [3.63, 3.8) is 0 Å². The number of tetrazole rings is 1. The van der Waals surface area contributed by atoms with Crippen LogP contribution in [-0.4, -0.2) is 49.8 Å². The summed E-state index contributed by atoms with van der Waals surface area (Å²) in [7, 11) is 1.50. The smallest absolute Gasteiger partial charge is 0.329 e. The molecule has 0 saturated heterocycles. The van der Waals surface area contributed by atoms with Crippen LogP contribution in [0.5, 0.6) is 5.75 Å². The van der Waals surface area contributed by atoms with E-state index in [-0.39, 0.29) is 0 Å². The van der Waals surface area contributed by atoms with Gasteiger partial charge in [-0.15, -0.1) is 5.10 Å². The zero-order valence-electron chi connectivity index (χ0n) is 12.4. The fourth-order valence-electron chi connectivity index (χ4n) is 2.49. The number of hydrogen-bond acceptors (Lipinski definition) is 6. The van der Waals surface area contributed by atoms with Crippen molar-refractivity contribution in [3.8, 4) is 11.4 Å². The van der Waals surface area contributed by atoms with Crippen LogP contribution in [0.1, 0.15) is 29.6 Å². The molecule has 0 bridgehead atoms. The molecule has 9 heteroatoms. The summed E-state index contributed by atoms with van der Waals surface area (Å²) in [5, 5.41) is 22.8. The predicted molar refractivity (Wildman–Crippen MR) is 77.4 cm³/mol. The molecule has 120 valence electrons. The van der Waals surface area contributed by atoms with Crippen LogP contribution < -0.4 is 10.1 Å². The van der Waals surface area contributed by atoms with E-state index in [1.807, 2.05) is 0 Å². The highest BCUT2D eigenvalue weighted by Gasteiger charge is 2.45. The number of carbonyl (C=O) groups is 2. The van der Waals surface area contributed by atoms with Gasteiger partial charge in [0.25, 0.3) is 5.91 Å². The van der Waals surface area contributed by atoms with E-state index in [9.17, 15) is 14.7 Å². The van der Waals surface area contributed by atoms with Gasteiger partial charge in [0, 0.05) is 5.56 Å². The van der Waals surface area contributed by atoms with E-state index in [0.717, 1.165) is 6.42 Å². The largest absolute Gasteiger partial charge is 0.494 e. The maximum atomic E-state index is 12.4. The number of benzene rings is 1. The molecule has 9 nitrogen and oxygen atoms in total. The molecule has 2 N–H and O–H groups in total. The van der Waals surface area contributed by atoms with Gasteiger partial charge in [0.15, 0.2) is 0 Å². The fraction of sp³-hybridized carbons (Fsp3) is 0.357. The number of ether oxygens (including phenoxy) is 1. The van der Waals surface area contributed by atoms with Crippen LogP contribution in [0, 0.1) is 0 Å². The van der Waals surface area contributed by atoms with E-state index in [1.165, 1.54) is 18.1 Å². The standard InChI is InChI=1S/C14H15N5O4/c1-23-11-4-3-9(7-10(11)19-8-15-17-18-19)12(20)16-14(13(21)22)5-2-6-14/h3-4,7-8H,2,5-6H2,1H3,(H,16,20)(H,21,22). The monoisotopic (exact) mass is 317 g/mol. The molecule has 0 aliphatic heterocycles. The first-order valence-electron chi connectivity index (χ1n) is 7.03. The average Bonchev–Trinajstić information content (AvgIpc) is 3.03. The number of hydrogen-bond donors (Lipinski definition) is 2. The van der Waals surface area contributed by atoms with Crippen molar-refractivity contribution in [2.45, 2.75) is 24.8 Å². The summed E-state index contributed by atoms with van der Waals surface area (Å²) in [6.45, 7) is 0. The molecule has 1 amide bonds. The quantitative estimate of drug-likeness (QED) is 0.819. The molecule has 1 aromatic heterocycles. The Morgan fingerprint density at radius 3 is 2.70 bits per heavy atom. The van der Waals surface area contributed by atoms with Gasteiger partial charge in [0.1, 0.15) is 23.3 Å². The number of aliphatic carboxylic acids is 1. The Balaban J connectivity index is 1.90. The minimum Gasteiger partial charge on any atom is -0.494 e. The SMILES string of the molecule is COc1ccc(C(=O)NC2(C(=O)O)CCC2)cc1-n1cnnn1. The minimum atomic E-state index is -1.16. The lowest BCUT2D eigenvalue weighted by molar-refractivity contribution is -0.148. The zero-order valence-corrected chi connectivity index (χ0v) is 12.4. The number of carboxylic acid groups (broad SMARTS) is 1. The Hall–Kier alpha value is -2.97. The lowest BCUT2D eigenvalue weighted by atomic mass is 9.76. The normalized spacial score (nSPS) is 15.5. The fourth-order valence-corrected chi connectivity index (χ4v) is 2.49. The summed E-state index contributed by atoms with van der Waals surface area (Å²) in [5.41, 5.74) is -0.363. The van der Waals surface area contributed by atoms with Crippen LogP contribution in [0.15, 0.2) is 24.5 Å². The lowest BCUT2D eigenvalue weighted by Crippen LogP contribution is -2.59. The van der Waals surface area contributed by atoms with Crippen molar-refractivity contribution in [2.75, 3.05) is 7.11 Å². The topological polar surface area (TPSA) is 119 Å². The van der Waals surface area contributed by atoms with Crippen molar-refractivity contribution in [3.05, 3.63) is 30.1 Å². The Kier molecular flexibility index (Phi) is 3.68. The Labute approximate surface area is 131 Å². The second-order valence-corrected chi connectivity index (χ2v) is 5.34. The summed E-state index contributed by atoms with van der Waals surface area (Å²) in [6.07, 6.45) is 3.03. The van der Waals surface area contributed by atoms with Crippen LogP contribution in [0.25, 0.3) is 5.69 Å². The first kappa shape index (κ1) is 14.9. The van der Waals surface area contributed by atoms with Crippen molar-refractivity contribution >= 4 is 11.9 Å². The van der Waals surface area contributed by atoms with Crippen LogP contribution in [0.3, 0.4) is 0 Å². The molecular formula is C14H15N5O4. The number of carboxylic acids is 1. The van der Waals surface area contributed by atoms with Gasteiger partial charge in [-0.05, 0) is 47.9 Å². The molecule has 1 aliphatic carbocycles. The lowest BCUT2D eigenvalue weighted by Gasteiger charge is -2.38. The Morgan fingerprint density at radius 1 is 1.39 bits per heavy atom. The van der Waals surface area contributed by atoms with Gasteiger partial charge in [0.2, 0.25) is 0 Å². The molecular weight excluding hydrogens is 302 g/mol. The maximum Gasteiger partial charge on any atom is 0.329 e. The van der Waals surface area contributed by atoms with Crippen molar-refractivity contribution in [1.82, 2.24) is 25.5 Å². The highest BCUT2D eigenvalue weighted by molar-refractivity contribution is 5.98. The van der Waals surface area contributed by atoms with E-state index in [0.29, 0.717) is 29.8 Å². The van der Waals surface area contributed by atoms with E-state index in [1.54, 1.807) is 18.2 Å². The van der Waals surface area contributed by atoms with E-state index in [2.05, 4.69) is 20.8 Å². The van der Waals surface area contributed by atoms with Gasteiger partial charge in [-0.1, -0.05) is 0 Å². The van der Waals surface area contributed by atoms with Gasteiger partial charge in [-0.3, -0.25) is 4.79 Å². The van der Waals surface area contributed by atoms with Gasteiger partial charge in [0.05, 0.1) is 7.11 Å². The summed E-state index contributed by atoms with van der Waals surface area (Å²) in [5.74, 6) is -0.971. The summed E-state index contributed by atoms with van der Waals surface area (Å²) in [6, 6.07) is 4.73. The van der Waals surface area contributed by atoms with Crippen LogP contribution in [0.4, 0.5) is 0 Å². The molecule has 0 atom stereocenters. The number of nitrogens with one attached hydrogen (secondary N) is 1. The molecule has 3 rings (SSSR count). The summed E-state index contributed by atoms with van der Waals surface area (Å²) >= 11 is 0. The minimum absolute atomic E-state index is 0.309. The number of carbonyl (C=O) groups excluding carboxylic acids is 1. The number of amides is 1. The van der Waals surface area contributed by atoms with Crippen molar-refractivity contribution in [2.24, 2.45) is 0 Å². The van der Waals surface area contributed by atoms with Crippen LogP contribution >= 0.6 is 0 Å². The molecule has 1 saturated carbocycles. The second-order valence-electron chi connectivity index (χ2n) is 5.34. The third-order valence-electron chi connectivity index (χ3n) is 4.01. The molecule has 2 aromatic rings. The number of methoxy groups -OCH3 is 1. The third-order valence-corrected chi connectivity index (χ3v) is 4.01. The van der Waals surface area contributed by atoms with Gasteiger partial charge in [-0.25, -0.2) is 4.79 Å². The van der Waals surface area contributed by atoms with Gasteiger partial charge >= 0.3 is 5.97 Å². The second kappa shape index (κ2) is 5.67. The molecule has 1 heterocycles. The van der Waals surface area contributed by atoms with Crippen LogP contribution in [0.2, 0.25) is 0 Å². The Morgan fingerprint density at radius 2 is 2.17 bits per heavy atom. The van der Waals surface area contributed by atoms with Crippen molar-refractivity contribution in [1.29, 1.82) is 0 Å². The molecule has 1 aromatic carbocycles. The first-order chi connectivity index (χ1) is 11.1. The first-order valence-corrected chi connectivity index (χ1v) is 7.03. The molecule has 0 spiro atoms. The maximum absolute atomic E-state index is 12.4. The van der Waals surface area contributed by atoms with Gasteiger partial charge < -0.3 is 15.2 Å². The van der Waals surface area contributed by atoms with E-state index < -0.39 is 17.4 Å². The highest BCUT2D eigenvalue weighted by Crippen LogP contribution is 2.32. The number of rotatable bonds is 5. The number of aromatic nitrogens is 4. The third kappa shape index (κ3) is 2.60. The zero-order chi connectivity index (χ0) is 16.4. The molecule has 0 radical (unpaired) electrons. The highest BCUT2D eigenvalue weighted by atomic mass is 16.5. The van der Waals surface area contributed by atoms with Crippen molar-refractivity contribution < 1.29 is 19.4 Å². The van der Waals surface area contributed by atoms with E-state index in [4.69, 9.17) is 4.74 Å². The average molecular weight is 317 g/mol. The van der Waals surface area contributed by atoms with Crippen LogP contribution in [-0.2, 0) is 4.79 Å². The summed E-state index contributed by atoms with van der Waals surface area (Å²) < 4.78 is 6.60. The molecule has 23 heavy (non-hydrogen) atoms. The predicted octanol–water partition coefficient (Wildman–Crippen LogP) is 0.408. The number of nitrogens with zero attached hydrogens (tertiary/aromatic N) is 4. The van der Waals surface area contributed by atoms with E-state index >= 15 is 0 Å². The molecule has 0 unspecified atom stereocenters. The molecule has 1 aliphatic rings. The Bertz CT molecular complexity index is 740. The summed E-state index contributed by atoms with van der Waals surface area (Å²) in [4.78, 5) is 23.8. The van der Waals surface area contributed by atoms with Gasteiger partial charge in [-0.2, -0.15) is 4.68 Å². The molecule has 1 fully saturated rings.